The number of hydrogen-bond acceptors (Lipinski definition) is 2. The summed E-state index contributed by atoms with van der Waals surface area (Å²) < 4.78 is 24.4. The summed E-state index contributed by atoms with van der Waals surface area (Å²) in [5.41, 5.74) is 2.03. The van der Waals surface area contributed by atoms with Gasteiger partial charge in [0.25, 0.3) is 6.43 Å². The highest BCUT2D eigenvalue weighted by atomic mass is 19.3. The Balaban J connectivity index is 1.87. The van der Waals surface area contributed by atoms with Gasteiger partial charge in [0.05, 0.1) is 6.54 Å². The summed E-state index contributed by atoms with van der Waals surface area (Å²) >= 11 is 0. The molecule has 0 aliphatic heterocycles. The van der Waals surface area contributed by atoms with Gasteiger partial charge in [-0.05, 0) is 30.5 Å². The van der Waals surface area contributed by atoms with E-state index in [-0.39, 0.29) is 6.54 Å². The number of nitrogens with one attached hydrogen (secondary N) is 1. The van der Waals surface area contributed by atoms with Gasteiger partial charge in [-0.25, -0.2) is 8.78 Å². The third-order valence-corrected chi connectivity index (χ3v) is 2.96. The fourth-order valence-electron chi connectivity index (χ4n) is 1.73. The summed E-state index contributed by atoms with van der Waals surface area (Å²) in [5.74, 6) is 0. The molecule has 1 aromatic carbocycles. The Morgan fingerprint density at radius 2 is 1.94 bits per heavy atom. The molecule has 2 rings (SSSR count). The van der Waals surface area contributed by atoms with Crippen LogP contribution in [0.4, 0.5) is 14.5 Å². The van der Waals surface area contributed by atoms with E-state index in [2.05, 4.69) is 5.32 Å². The molecule has 1 aliphatic carbocycles. The van der Waals surface area contributed by atoms with Gasteiger partial charge in [0, 0.05) is 25.3 Å². The number of rotatable bonds is 6. The van der Waals surface area contributed by atoms with Crippen LogP contribution in [0.15, 0.2) is 24.3 Å². The molecule has 0 bridgehead atoms. The van der Waals surface area contributed by atoms with E-state index in [1.54, 1.807) is 11.9 Å². The van der Waals surface area contributed by atoms with Crippen LogP contribution in [0.3, 0.4) is 0 Å². The van der Waals surface area contributed by atoms with E-state index in [1.807, 2.05) is 24.3 Å². The smallest absolute Gasteiger partial charge is 0.255 e. The molecule has 2 nitrogen and oxygen atoms in total. The number of benzene rings is 1. The Bertz CT molecular complexity index is 347. The number of halogens is 2. The first-order valence-corrected chi connectivity index (χ1v) is 5.97. The van der Waals surface area contributed by atoms with Gasteiger partial charge in [-0.3, -0.25) is 0 Å². The Labute approximate surface area is 101 Å². The van der Waals surface area contributed by atoms with E-state index in [0.717, 1.165) is 12.2 Å². The molecule has 1 fully saturated rings. The SMILES string of the molecule is CN(CC(F)F)c1ccc(CNC2CC2)cc1. The van der Waals surface area contributed by atoms with Crippen LogP contribution < -0.4 is 10.2 Å². The van der Waals surface area contributed by atoms with E-state index in [9.17, 15) is 8.78 Å². The molecule has 17 heavy (non-hydrogen) atoms. The minimum atomic E-state index is -2.30. The lowest BCUT2D eigenvalue weighted by molar-refractivity contribution is 0.156. The predicted molar refractivity (Wildman–Crippen MR) is 65.6 cm³/mol. The van der Waals surface area contributed by atoms with Crippen molar-refractivity contribution in [3.8, 4) is 0 Å². The Kier molecular flexibility index (Phi) is 3.94. The maximum absolute atomic E-state index is 12.2. The number of hydrogen-bond donors (Lipinski definition) is 1. The predicted octanol–water partition coefficient (Wildman–Crippen LogP) is 2.64. The van der Waals surface area contributed by atoms with Gasteiger partial charge in [-0.2, -0.15) is 0 Å². The van der Waals surface area contributed by atoms with Crippen molar-refractivity contribution in [1.82, 2.24) is 5.32 Å². The van der Waals surface area contributed by atoms with Gasteiger partial charge in [-0.15, -0.1) is 0 Å². The molecular weight excluding hydrogens is 222 g/mol. The van der Waals surface area contributed by atoms with Crippen LogP contribution in [-0.4, -0.2) is 26.1 Å². The second kappa shape index (κ2) is 5.45. The molecule has 0 unspecified atom stereocenters. The summed E-state index contributed by atoms with van der Waals surface area (Å²) in [5, 5.41) is 3.42. The highest BCUT2D eigenvalue weighted by Crippen LogP contribution is 2.20. The van der Waals surface area contributed by atoms with Crippen molar-refractivity contribution >= 4 is 5.69 Å². The zero-order valence-corrected chi connectivity index (χ0v) is 10.00. The van der Waals surface area contributed by atoms with E-state index >= 15 is 0 Å². The maximum atomic E-state index is 12.2. The van der Waals surface area contributed by atoms with Crippen LogP contribution in [0.1, 0.15) is 18.4 Å². The van der Waals surface area contributed by atoms with E-state index in [0.29, 0.717) is 6.04 Å². The van der Waals surface area contributed by atoms with Crippen molar-refractivity contribution in [3.63, 3.8) is 0 Å². The van der Waals surface area contributed by atoms with Crippen molar-refractivity contribution in [2.45, 2.75) is 31.9 Å². The molecule has 0 heterocycles. The van der Waals surface area contributed by atoms with Gasteiger partial charge in [0.15, 0.2) is 0 Å². The fourth-order valence-corrected chi connectivity index (χ4v) is 1.73. The fraction of sp³-hybridized carbons (Fsp3) is 0.538. The third kappa shape index (κ3) is 3.97. The van der Waals surface area contributed by atoms with Crippen molar-refractivity contribution in [2.75, 3.05) is 18.5 Å². The van der Waals surface area contributed by atoms with E-state index in [4.69, 9.17) is 0 Å². The summed E-state index contributed by atoms with van der Waals surface area (Å²) in [6.45, 7) is 0.642. The van der Waals surface area contributed by atoms with Gasteiger partial charge in [0.1, 0.15) is 0 Å². The molecule has 0 spiro atoms. The van der Waals surface area contributed by atoms with Crippen molar-refractivity contribution < 1.29 is 8.78 Å². The molecule has 4 heteroatoms. The molecular formula is C13H18F2N2. The average Bonchev–Trinajstić information content (AvgIpc) is 3.10. The van der Waals surface area contributed by atoms with Gasteiger partial charge in [0.2, 0.25) is 0 Å². The van der Waals surface area contributed by atoms with E-state index < -0.39 is 6.43 Å². The number of anilines is 1. The molecule has 1 aromatic rings. The maximum Gasteiger partial charge on any atom is 0.255 e. The molecule has 0 radical (unpaired) electrons. The standard InChI is InChI=1S/C13H18F2N2/c1-17(9-13(14)15)12-6-2-10(3-7-12)8-16-11-4-5-11/h2-3,6-7,11,13,16H,4-5,8-9H2,1H3. The minimum Gasteiger partial charge on any atom is -0.369 e. The third-order valence-electron chi connectivity index (χ3n) is 2.96. The second-order valence-electron chi connectivity index (χ2n) is 4.59. The monoisotopic (exact) mass is 240 g/mol. The first-order chi connectivity index (χ1) is 8.15. The largest absolute Gasteiger partial charge is 0.369 e. The van der Waals surface area contributed by atoms with Crippen LogP contribution in [0, 0.1) is 0 Å². The van der Waals surface area contributed by atoms with Crippen LogP contribution in [0.5, 0.6) is 0 Å². The molecule has 0 saturated heterocycles. The second-order valence-corrected chi connectivity index (χ2v) is 4.59. The van der Waals surface area contributed by atoms with Crippen molar-refractivity contribution in [1.29, 1.82) is 0 Å². The van der Waals surface area contributed by atoms with Gasteiger partial charge in [-0.1, -0.05) is 12.1 Å². The minimum absolute atomic E-state index is 0.223. The first-order valence-electron chi connectivity index (χ1n) is 5.97. The lowest BCUT2D eigenvalue weighted by Gasteiger charge is -2.18. The zero-order chi connectivity index (χ0) is 12.3. The Morgan fingerprint density at radius 3 is 2.47 bits per heavy atom. The van der Waals surface area contributed by atoms with Crippen LogP contribution in [-0.2, 0) is 6.54 Å². The number of nitrogens with zero attached hydrogens (tertiary/aromatic N) is 1. The summed E-state index contributed by atoms with van der Waals surface area (Å²) in [4.78, 5) is 1.57. The Hall–Kier alpha value is -1.16. The molecule has 0 aromatic heterocycles. The molecule has 0 amide bonds. The summed E-state index contributed by atoms with van der Waals surface area (Å²) in [7, 11) is 1.68. The summed E-state index contributed by atoms with van der Waals surface area (Å²) in [6, 6.07) is 8.47. The lowest BCUT2D eigenvalue weighted by Crippen LogP contribution is -2.24. The van der Waals surface area contributed by atoms with Gasteiger partial charge < -0.3 is 10.2 Å². The first kappa shape index (κ1) is 12.3. The highest BCUT2D eigenvalue weighted by Gasteiger charge is 2.19. The average molecular weight is 240 g/mol. The van der Waals surface area contributed by atoms with Gasteiger partial charge >= 0.3 is 0 Å². The molecule has 1 aliphatic rings. The topological polar surface area (TPSA) is 15.3 Å². The lowest BCUT2D eigenvalue weighted by atomic mass is 10.2. The normalized spacial score (nSPS) is 15.3. The number of alkyl halides is 2. The van der Waals surface area contributed by atoms with Crippen LogP contribution >= 0.6 is 0 Å². The molecule has 1 N–H and O–H groups in total. The van der Waals surface area contributed by atoms with Crippen molar-refractivity contribution in [2.24, 2.45) is 0 Å². The molecule has 94 valence electrons. The molecule has 1 saturated carbocycles. The highest BCUT2D eigenvalue weighted by molar-refractivity contribution is 5.46. The zero-order valence-electron chi connectivity index (χ0n) is 10.00. The quantitative estimate of drug-likeness (QED) is 0.822. The summed E-state index contributed by atoms with van der Waals surface area (Å²) in [6.07, 6.45) is 0.251. The van der Waals surface area contributed by atoms with Crippen LogP contribution in [0.25, 0.3) is 0 Å². The van der Waals surface area contributed by atoms with E-state index in [1.165, 1.54) is 18.4 Å². The molecule has 0 atom stereocenters. The Morgan fingerprint density at radius 1 is 1.29 bits per heavy atom. The van der Waals surface area contributed by atoms with Crippen LogP contribution in [0.2, 0.25) is 0 Å². The van der Waals surface area contributed by atoms with Crippen molar-refractivity contribution in [3.05, 3.63) is 29.8 Å².